The molecule has 1 aromatic carbocycles. The lowest BCUT2D eigenvalue weighted by molar-refractivity contribution is 0.621. The first-order valence-electron chi connectivity index (χ1n) is 6.15. The molecule has 0 unspecified atom stereocenters. The van der Waals surface area contributed by atoms with E-state index >= 15 is 0 Å². The van der Waals surface area contributed by atoms with Crippen LogP contribution in [0.2, 0.25) is 0 Å². The fraction of sp³-hybridized carbons (Fsp3) is 0.143. The number of imidazole rings is 1. The van der Waals surface area contributed by atoms with Gasteiger partial charge >= 0.3 is 0 Å². The molecule has 0 radical (unpaired) electrons. The number of hydrogen-bond acceptors (Lipinski definition) is 3. The molecule has 0 aliphatic heterocycles. The summed E-state index contributed by atoms with van der Waals surface area (Å²) in [6.45, 7) is 0.634. The van der Waals surface area contributed by atoms with Gasteiger partial charge in [-0.1, -0.05) is 6.07 Å². The van der Waals surface area contributed by atoms with Gasteiger partial charge in [0.2, 0.25) is 5.95 Å². The van der Waals surface area contributed by atoms with Gasteiger partial charge in [-0.25, -0.2) is 9.37 Å². The highest BCUT2D eigenvalue weighted by atomic mass is 79.9. The number of halogens is 2. The number of pyridine rings is 1. The summed E-state index contributed by atoms with van der Waals surface area (Å²) in [7, 11) is 0. The van der Waals surface area contributed by atoms with Gasteiger partial charge in [0.1, 0.15) is 5.82 Å². The second-order valence-electron chi connectivity index (χ2n) is 4.49. The molecule has 3 rings (SSSR count). The van der Waals surface area contributed by atoms with E-state index in [1.165, 1.54) is 6.07 Å². The molecule has 0 aliphatic carbocycles. The van der Waals surface area contributed by atoms with Crippen molar-refractivity contribution < 1.29 is 4.39 Å². The smallest absolute Gasteiger partial charge is 0.201 e. The summed E-state index contributed by atoms with van der Waals surface area (Å²) in [6, 6.07) is 6.98. The fourth-order valence-electron chi connectivity index (χ4n) is 2.16. The molecular formula is C14H12BrFN4. The monoisotopic (exact) mass is 334 g/mol. The zero-order valence-electron chi connectivity index (χ0n) is 10.6. The minimum atomic E-state index is -0.319. The largest absolute Gasteiger partial charge is 0.369 e. The first-order valence-corrected chi connectivity index (χ1v) is 6.94. The first kappa shape index (κ1) is 13.1. The third kappa shape index (κ3) is 2.38. The van der Waals surface area contributed by atoms with E-state index in [0.717, 1.165) is 12.0 Å². The van der Waals surface area contributed by atoms with Crippen molar-refractivity contribution in [1.29, 1.82) is 0 Å². The Morgan fingerprint density at radius 1 is 1.35 bits per heavy atom. The molecule has 4 nitrogen and oxygen atoms in total. The van der Waals surface area contributed by atoms with E-state index in [2.05, 4.69) is 25.9 Å². The Labute approximate surface area is 123 Å². The van der Waals surface area contributed by atoms with Crippen LogP contribution in [0.3, 0.4) is 0 Å². The number of nitrogen functional groups attached to an aromatic ring is 1. The highest BCUT2D eigenvalue weighted by molar-refractivity contribution is 9.10. The third-order valence-corrected chi connectivity index (χ3v) is 3.77. The second kappa shape index (κ2) is 5.20. The molecule has 0 saturated carbocycles. The zero-order chi connectivity index (χ0) is 14.1. The van der Waals surface area contributed by atoms with Crippen LogP contribution in [0.5, 0.6) is 0 Å². The zero-order valence-corrected chi connectivity index (χ0v) is 12.1. The summed E-state index contributed by atoms with van der Waals surface area (Å²) in [5.41, 5.74) is 8.40. The van der Waals surface area contributed by atoms with Crippen LogP contribution in [0.15, 0.2) is 41.1 Å². The van der Waals surface area contributed by atoms with Crippen LogP contribution >= 0.6 is 15.9 Å². The number of benzene rings is 1. The SMILES string of the molecule is Nc1nc2cc(Br)c(F)cc2n1CCc1cccnc1. The first-order chi connectivity index (χ1) is 9.65. The van der Waals surface area contributed by atoms with Gasteiger partial charge in [0.05, 0.1) is 15.5 Å². The average Bonchev–Trinajstić information content (AvgIpc) is 2.73. The lowest BCUT2D eigenvalue weighted by Gasteiger charge is -2.06. The van der Waals surface area contributed by atoms with Gasteiger partial charge in [0.15, 0.2) is 0 Å². The summed E-state index contributed by atoms with van der Waals surface area (Å²) in [5.74, 6) is 0.0708. The molecule has 0 fully saturated rings. The number of anilines is 1. The molecular weight excluding hydrogens is 323 g/mol. The predicted octanol–water partition coefficient (Wildman–Crippen LogP) is 3.16. The molecule has 102 valence electrons. The fourth-order valence-corrected chi connectivity index (χ4v) is 2.49. The maximum atomic E-state index is 13.7. The molecule has 2 heterocycles. The summed E-state index contributed by atoms with van der Waals surface area (Å²) in [5, 5.41) is 0. The topological polar surface area (TPSA) is 56.7 Å². The van der Waals surface area contributed by atoms with E-state index in [-0.39, 0.29) is 5.82 Å². The number of aryl methyl sites for hydroxylation is 2. The van der Waals surface area contributed by atoms with Crippen LogP contribution in [0.1, 0.15) is 5.56 Å². The van der Waals surface area contributed by atoms with Crippen molar-refractivity contribution in [1.82, 2.24) is 14.5 Å². The van der Waals surface area contributed by atoms with Crippen molar-refractivity contribution in [3.05, 3.63) is 52.5 Å². The van der Waals surface area contributed by atoms with E-state index < -0.39 is 0 Å². The maximum Gasteiger partial charge on any atom is 0.201 e. The van der Waals surface area contributed by atoms with Gasteiger partial charge in [-0.3, -0.25) is 4.98 Å². The normalized spacial score (nSPS) is 11.1. The predicted molar refractivity (Wildman–Crippen MR) is 79.7 cm³/mol. The Balaban J connectivity index is 1.95. The molecule has 2 N–H and O–H groups in total. The van der Waals surface area contributed by atoms with Crippen molar-refractivity contribution in [2.75, 3.05) is 5.73 Å². The molecule has 6 heteroatoms. The van der Waals surface area contributed by atoms with Gasteiger partial charge in [0, 0.05) is 25.0 Å². The minimum absolute atomic E-state index is 0.319. The number of rotatable bonds is 3. The maximum absolute atomic E-state index is 13.7. The average molecular weight is 335 g/mol. The molecule has 20 heavy (non-hydrogen) atoms. The number of nitrogens with two attached hydrogens (primary N) is 1. The van der Waals surface area contributed by atoms with Crippen molar-refractivity contribution >= 4 is 32.9 Å². The molecule has 0 saturated heterocycles. The highest BCUT2D eigenvalue weighted by Gasteiger charge is 2.11. The summed E-state index contributed by atoms with van der Waals surface area (Å²) < 4.78 is 15.9. The van der Waals surface area contributed by atoms with Crippen molar-refractivity contribution in [2.45, 2.75) is 13.0 Å². The van der Waals surface area contributed by atoms with Gasteiger partial charge < -0.3 is 10.3 Å². The van der Waals surface area contributed by atoms with Crippen LogP contribution < -0.4 is 5.73 Å². The molecule has 0 bridgehead atoms. The van der Waals surface area contributed by atoms with Crippen molar-refractivity contribution in [3.8, 4) is 0 Å². The standard InChI is InChI=1S/C14H12BrFN4/c15-10-6-12-13(7-11(10)16)20(14(17)19-12)5-3-9-2-1-4-18-8-9/h1-2,4,6-8H,3,5H2,(H2,17,19). The quantitative estimate of drug-likeness (QED) is 0.800. The van der Waals surface area contributed by atoms with Gasteiger partial charge in [-0.05, 0) is 40.0 Å². The molecule has 0 aliphatic rings. The van der Waals surface area contributed by atoms with Crippen LogP contribution in [-0.2, 0) is 13.0 Å². The Morgan fingerprint density at radius 2 is 2.20 bits per heavy atom. The van der Waals surface area contributed by atoms with E-state index in [4.69, 9.17) is 5.73 Å². The third-order valence-electron chi connectivity index (χ3n) is 3.17. The number of nitrogens with zero attached hydrogens (tertiary/aromatic N) is 3. The summed E-state index contributed by atoms with van der Waals surface area (Å²) in [6.07, 6.45) is 4.31. The lowest BCUT2D eigenvalue weighted by atomic mass is 10.2. The van der Waals surface area contributed by atoms with Crippen molar-refractivity contribution in [3.63, 3.8) is 0 Å². The highest BCUT2D eigenvalue weighted by Crippen LogP contribution is 2.25. The second-order valence-corrected chi connectivity index (χ2v) is 5.34. The Hall–Kier alpha value is -1.95. The summed E-state index contributed by atoms with van der Waals surface area (Å²) >= 11 is 3.15. The van der Waals surface area contributed by atoms with E-state index in [0.29, 0.717) is 28.0 Å². The van der Waals surface area contributed by atoms with Crippen LogP contribution in [0, 0.1) is 5.82 Å². The number of fused-ring (bicyclic) bond motifs is 1. The number of hydrogen-bond donors (Lipinski definition) is 1. The van der Waals surface area contributed by atoms with Gasteiger partial charge in [0.25, 0.3) is 0 Å². The lowest BCUT2D eigenvalue weighted by Crippen LogP contribution is -2.06. The van der Waals surface area contributed by atoms with E-state index in [9.17, 15) is 4.39 Å². The van der Waals surface area contributed by atoms with E-state index in [1.54, 1.807) is 12.3 Å². The molecule has 0 spiro atoms. The number of aromatic nitrogens is 3. The Kier molecular flexibility index (Phi) is 3.40. The van der Waals surface area contributed by atoms with E-state index in [1.807, 2.05) is 22.9 Å². The Morgan fingerprint density at radius 3 is 2.95 bits per heavy atom. The van der Waals surface area contributed by atoms with Crippen LogP contribution in [0.4, 0.5) is 10.3 Å². The van der Waals surface area contributed by atoms with Crippen LogP contribution in [0.25, 0.3) is 11.0 Å². The van der Waals surface area contributed by atoms with Crippen LogP contribution in [-0.4, -0.2) is 14.5 Å². The summed E-state index contributed by atoms with van der Waals surface area (Å²) in [4.78, 5) is 8.33. The van der Waals surface area contributed by atoms with Crippen molar-refractivity contribution in [2.24, 2.45) is 0 Å². The van der Waals surface area contributed by atoms with Gasteiger partial charge in [-0.15, -0.1) is 0 Å². The molecule has 3 aromatic rings. The minimum Gasteiger partial charge on any atom is -0.369 e. The molecule has 0 atom stereocenters. The van der Waals surface area contributed by atoms with Gasteiger partial charge in [-0.2, -0.15) is 0 Å². The molecule has 0 amide bonds. The Bertz CT molecular complexity index is 755. The molecule has 2 aromatic heterocycles.